The van der Waals surface area contributed by atoms with Crippen LogP contribution in [0.1, 0.15) is 11.1 Å². The molecule has 2 rings (SSSR count). The number of oxime groups is 1. The third-order valence-electron chi connectivity index (χ3n) is 1.79. The molecule has 0 spiro atoms. The summed E-state index contributed by atoms with van der Waals surface area (Å²) in [6.07, 6.45) is 0. The summed E-state index contributed by atoms with van der Waals surface area (Å²) in [5.41, 5.74) is 1.54. The molecule has 1 heterocycles. The van der Waals surface area contributed by atoms with Crippen LogP contribution in [-0.2, 0) is 0 Å². The van der Waals surface area contributed by atoms with Crippen LogP contribution in [0.25, 0.3) is 0 Å². The van der Waals surface area contributed by atoms with Crippen LogP contribution >= 0.6 is 0 Å². The fourth-order valence-corrected chi connectivity index (χ4v) is 1.24. The minimum absolute atomic E-state index is 0.276. The van der Waals surface area contributed by atoms with Gasteiger partial charge in [-0.05, 0) is 0 Å². The SMILES string of the molecule is N=C1N/C(=N/O)c2ccccc21. The van der Waals surface area contributed by atoms with E-state index in [1.54, 1.807) is 6.07 Å². The monoisotopic (exact) mass is 161 g/mol. The number of rotatable bonds is 0. The summed E-state index contributed by atoms with van der Waals surface area (Å²) in [6, 6.07) is 7.29. The summed E-state index contributed by atoms with van der Waals surface area (Å²) in [5, 5.41) is 21.7. The van der Waals surface area contributed by atoms with E-state index < -0.39 is 0 Å². The molecule has 60 valence electrons. The number of nitrogens with zero attached hydrogens (tertiary/aromatic N) is 1. The van der Waals surface area contributed by atoms with Crippen molar-refractivity contribution in [2.24, 2.45) is 5.16 Å². The molecule has 0 atom stereocenters. The van der Waals surface area contributed by atoms with Crippen LogP contribution in [0.4, 0.5) is 0 Å². The van der Waals surface area contributed by atoms with Gasteiger partial charge in [0.25, 0.3) is 0 Å². The second-order valence-electron chi connectivity index (χ2n) is 2.49. The van der Waals surface area contributed by atoms with Crippen LogP contribution in [0.15, 0.2) is 29.4 Å². The summed E-state index contributed by atoms with van der Waals surface area (Å²) in [7, 11) is 0. The van der Waals surface area contributed by atoms with Crippen molar-refractivity contribution < 1.29 is 5.21 Å². The van der Waals surface area contributed by atoms with E-state index in [0.717, 1.165) is 11.1 Å². The van der Waals surface area contributed by atoms with E-state index in [1.807, 2.05) is 18.2 Å². The zero-order valence-electron chi connectivity index (χ0n) is 6.20. The summed E-state index contributed by atoms with van der Waals surface area (Å²) < 4.78 is 0. The van der Waals surface area contributed by atoms with Crippen molar-refractivity contribution in [2.75, 3.05) is 0 Å². The number of nitrogens with one attached hydrogen (secondary N) is 2. The third kappa shape index (κ3) is 0.780. The highest BCUT2D eigenvalue weighted by molar-refractivity contribution is 6.24. The summed E-state index contributed by atoms with van der Waals surface area (Å²) in [6.45, 7) is 0. The van der Waals surface area contributed by atoms with E-state index in [1.165, 1.54) is 0 Å². The van der Waals surface area contributed by atoms with Crippen LogP contribution in [0.2, 0.25) is 0 Å². The molecule has 0 aromatic heterocycles. The Bertz CT molecular complexity index is 370. The Morgan fingerprint density at radius 2 is 1.92 bits per heavy atom. The van der Waals surface area contributed by atoms with Crippen molar-refractivity contribution in [3.63, 3.8) is 0 Å². The first-order valence-electron chi connectivity index (χ1n) is 3.50. The number of fused-ring (bicyclic) bond motifs is 1. The molecule has 4 nitrogen and oxygen atoms in total. The molecule has 0 amide bonds. The zero-order valence-corrected chi connectivity index (χ0v) is 6.20. The third-order valence-corrected chi connectivity index (χ3v) is 1.79. The normalized spacial score (nSPS) is 17.7. The summed E-state index contributed by atoms with van der Waals surface area (Å²) >= 11 is 0. The average Bonchev–Trinajstić information content (AvgIpc) is 2.44. The predicted molar refractivity (Wildman–Crippen MR) is 44.7 cm³/mol. The Morgan fingerprint density at radius 3 is 2.58 bits per heavy atom. The molecule has 0 bridgehead atoms. The van der Waals surface area contributed by atoms with Crippen molar-refractivity contribution in [3.8, 4) is 0 Å². The number of hydrogen-bond acceptors (Lipinski definition) is 3. The molecule has 1 aromatic carbocycles. The lowest BCUT2D eigenvalue weighted by atomic mass is 10.1. The zero-order chi connectivity index (χ0) is 8.55. The average molecular weight is 161 g/mol. The number of hydrogen-bond donors (Lipinski definition) is 3. The molecule has 0 aliphatic carbocycles. The molecule has 1 aliphatic heterocycles. The van der Waals surface area contributed by atoms with Gasteiger partial charge in [0.2, 0.25) is 0 Å². The van der Waals surface area contributed by atoms with E-state index in [2.05, 4.69) is 10.5 Å². The molecule has 1 aliphatic rings. The van der Waals surface area contributed by atoms with Crippen molar-refractivity contribution >= 4 is 11.7 Å². The lowest BCUT2D eigenvalue weighted by Crippen LogP contribution is -2.21. The Morgan fingerprint density at radius 1 is 1.25 bits per heavy atom. The maximum atomic E-state index is 8.56. The van der Waals surface area contributed by atoms with Crippen LogP contribution < -0.4 is 5.32 Å². The molecular weight excluding hydrogens is 154 g/mol. The van der Waals surface area contributed by atoms with Gasteiger partial charge in [-0.2, -0.15) is 0 Å². The maximum absolute atomic E-state index is 8.56. The van der Waals surface area contributed by atoms with Gasteiger partial charge in [0.1, 0.15) is 5.84 Å². The molecule has 12 heavy (non-hydrogen) atoms. The fraction of sp³-hybridized carbons (Fsp3) is 0. The maximum Gasteiger partial charge on any atom is 0.178 e. The molecule has 3 N–H and O–H groups in total. The van der Waals surface area contributed by atoms with E-state index in [4.69, 9.17) is 10.6 Å². The standard InChI is InChI=1S/C8H7N3O/c9-7-5-3-1-2-4-6(5)8(10-7)11-12/h1-4,12H,(H2,9,10,11). The lowest BCUT2D eigenvalue weighted by Gasteiger charge is -1.92. The number of benzene rings is 1. The second-order valence-corrected chi connectivity index (χ2v) is 2.49. The van der Waals surface area contributed by atoms with Gasteiger partial charge in [-0.25, -0.2) is 0 Å². The van der Waals surface area contributed by atoms with Gasteiger partial charge in [0.05, 0.1) is 0 Å². The molecule has 0 radical (unpaired) electrons. The first-order chi connectivity index (χ1) is 5.83. The quantitative estimate of drug-likeness (QED) is 0.388. The van der Waals surface area contributed by atoms with E-state index in [0.29, 0.717) is 5.84 Å². The molecule has 0 fully saturated rings. The first kappa shape index (κ1) is 6.84. The predicted octanol–water partition coefficient (Wildman–Crippen LogP) is 0.751. The molecule has 1 aromatic rings. The van der Waals surface area contributed by atoms with E-state index in [9.17, 15) is 0 Å². The highest BCUT2D eigenvalue weighted by Gasteiger charge is 2.21. The largest absolute Gasteiger partial charge is 0.409 e. The highest BCUT2D eigenvalue weighted by Crippen LogP contribution is 2.14. The molecule has 0 unspecified atom stereocenters. The van der Waals surface area contributed by atoms with Gasteiger partial charge in [-0.1, -0.05) is 29.4 Å². The molecule has 4 heteroatoms. The van der Waals surface area contributed by atoms with Crippen molar-refractivity contribution in [2.45, 2.75) is 0 Å². The van der Waals surface area contributed by atoms with Crippen molar-refractivity contribution in [1.82, 2.24) is 5.32 Å². The van der Waals surface area contributed by atoms with Crippen LogP contribution in [0.3, 0.4) is 0 Å². The van der Waals surface area contributed by atoms with E-state index in [-0.39, 0.29) is 5.84 Å². The van der Waals surface area contributed by atoms with Gasteiger partial charge < -0.3 is 10.5 Å². The minimum atomic E-state index is 0.276. The molecule has 0 saturated carbocycles. The topological polar surface area (TPSA) is 68.5 Å². The summed E-state index contributed by atoms with van der Waals surface area (Å²) in [5.74, 6) is 0.619. The van der Waals surface area contributed by atoms with Gasteiger partial charge in [-0.15, -0.1) is 0 Å². The summed E-state index contributed by atoms with van der Waals surface area (Å²) in [4.78, 5) is 0. The Balaban J connectivity index is 2.65. The molecular formula is C8H7N3O. The minimum Gasteiger partial charge on any atom is -0.409 e. The first-order valence-corrected chi connectivity index (χ1v) is 3.50. The second kappa shape index (κ2) is 2.34. The highest BCUT2D eigenvalue weighted by atomic mass is 16.4. The Labute approximate surface area is 69.0 Å². The fourth-order valence-electron chi connectivity index (χ4n) is 1.24. The van der Waals surface area contributed by atoms with Crippen molar-refractivity contribution in [3.05, 3.63) is 35.4 Å². The number of amidine groups is 2. The van der Waals surface area contributed by atoms with E-state index >= 15 is 0 Å². The van der Waals surface area contributed by atoms with Gasteiger partial charge in [0, 0.05) is 11.1 Å². The van der Waals surface area contributed by atoms with Crippen LogP contribution in [0.5, 0.6) is 0 Å². The Kier molecular flexibility index (Phi) is 1.33. The van der Waals surface area contributed by atoms with Crippen molar-refractivity contribution in [1.29, 1.82) is 5.41 Å². The Hall–Kier alpha value is -1.84. The smallest absolute Gasteiger partial charge is 0.178 e. The van der Waals surface area contributed by atoms with Crippen LogP contribution in [0, 0.1) is 5.41 Å². The van der Waals surface area contributed by atoms with Gasteiger partial charge in [-0.3, -0.25) is 5.41 Å². The van der Waals surface area contributed by atoms with Gasteiger partial charge in [0.15, 0.2) is 5.84 Å². The van der Waals surface area contributed by atoms with Gasteiger partial charge >= 0.3 is 0 Å². The lowest BCUT2D eigenvalue weighted by molar-refractivity contribution is 0.318. The molecule has 0 saturated heterocycles. The van der Waals surface area contributed by atoms with Crippen LogP contribution in [-0.4, -0.2) is 16.9 Å².